The average molecular weight is 239 g/mol. The van der Waals surface area contributed by atoms with Crippen LogP contribution in [0.4, 0.5) is 0 Å². The molecule has 17 heavy (non-hydrogen) atoms. The molecule has 0 radical (unpaired) electrons. The maximum Gasteiger partial charge on any atom is 0.223 e. The van der Waals surface area contributed by atoms with Gasteiger partial charge in [-0.2, -0.15) is 0 Å². The van der Waals surface area contributed by atoms with E-state index in [1.54, 1.807) is 0 Å². The lowest BCUT2D eigenvalue weighted by molar-refractivity contribution is -0.123. The third kappa shape index (κ3) is 5.17. The Balaban J connectivity index is 1.40. The summed E-state index contributed by atoms with van der Waals surface area (Å²) in [5.74, 6) is 0.432. The van der Waals surface area contributed by atoms with Crippen LogP contribution in [-0.2, 0) is 9.59 Å². The Morgan fingerprint density at radius 1 is 0.941 bits per heavy atom. The zero-order valence-electron chi connectivity index (χ0n) is 10.1. The van der Waals surface area contributed by atoms with Crippen molar-refractivity contribution in [3.8, 4) is 0 Å². The predicted octanol–water partition coefficient (Wildman–Crippen LogP) is -0.229. The zero-order valence-corrected chi connectivity index (χ0v) is 10.1. The van der Waals surface area contributed by atoms with Crippen molar-refractivity contribution in [3.63, 3.8) is 0 Å². The van der Waals surface area contributed by atoms with Crippen molar-refractivity contribution >= 4 is 11.8 Å². The summed E-state index contributed by atoms with van der Waals surface area (Å²) in [4.78, 5) is 22.6. The molecule has 0 bridgehead atoms. The second-order valence-corrected chi connectivity index (χ2v) is 4.89. The first-order chi connectivity index (χ1) is 8.25. The quantitative estimate of drug-likeness (QED) is 0.512. The molecule has 0 heterocycles. The van der Waals surface area contributed by atoms with E-state index < -0.39 is 0 Å². The van der Waals surface area contributed by atoms with E-state index in [4.69, 9.17) is 0 Å². The summed E-state index contributed by atoms with van der Waals surface area (Å²) in [5.41, 5.74) is 0. The normalized spacial score (nSPS) is 18.8. The Bertz CT molecular complexity index is 285. The number of rotatable bonds is 8. The molecule has 2 saturated carbocycles. The van der Waals surface area contributed by atoms with Crippen LogP contribution in [0.2, 0.25) is 0 Å². The molecule has 0 unspecified atom stereocenters. The maximum absolute atomic E-state index is 11.4. The first kappa shape index (κ1) is 12.4. The Morgan fingerprint density at radius 3 is 2.29 bits per heavy atom. The molecular formula is C12H21N3O2. The van der Waals surface area contributed by atoms with Gasteiger partial charge in [-0.05, 0) is 25.7 Å². The van der Waals surface area contributed by atoms with Crippen LogP contribution in [0.15, 0.2) is 0 Å². The molecule has 0 aromatic rings. The van der Waals surface area contributed by atoms with E-state index in [1.165, 1.54) is 12.8 Å². The Kier molecular flexibility index (Phi) is 4.36. The summed E-state index contributed by atoms with van der Waals surface area (Å²) in [7, 11) is 0. The number of carbonyl (C=O) groups is 2. The molecule has 5 heteroatoms. The summed E-state index contributed by atoms with van der Waals surface area (Å²) in [5, 5.41) is 8.90. The summed E-state index contributed by atoms with van der Waals surface area (Å²) < 4.78 is 0. The van der Waals surface area contributed by atoms with Crippen LogP contribution in [0.1, 0.15) is 32.1 Å². The SMILES string of the molecule is O=C(CCNC1CC1)NCCNC(=O)C1CC1. The third-order valence-electron chi connectivity index (χ3n) is 3.06. The van der Waals surface area contributed by atoms with E-state index in [0.29, 0.717) is 25.6 Å². The Labute approximate surface area is 102 Å². The van der Waals surface area contributed by atoms with Gasteiger partial charge in [-0.1, -0.05) is 0 Å². The topological polar surface area (TPSA) is 70.2 Å². The molecule has 5 nitrogen and oxygen atoms in total. The van der Waals surface area contributed by atoms with E-state index in [-0.39, 0.29) is 17.7 Å². The third-order valence-corrected chi connectivity index (χ3v) is 3.06. The van der Waals surface area contributed by atoms with Crippen LogP contribution >= 0.6 is 0 Å². The highest BCUT2D eigenvalue weighted by molar-refractivity contribution is 5.81. The van der Waals surface area contributed by atoms with Crippen molar-refractivity contribution in [3.05, 3.63) is 0 Å². The van der Waals surface area contributed by atoms with Gasteiger partial charge in [-0.3, -0.25) is 9.59 Å². The van der Waals surface area contributed by atoms with Gasteiger partial charge in [0, 0.05) is 38.0 Å². The number of carbonyl (C=O) groups excluding carboxylic acids is 2. The van der Waals surface area contributed by atoms with Crippen molar-refractivity contribution in [2.24, 2.45) is 5.92 Å². The lowest BCUT2D eigenvalue weighted by atomic mass is 10.3. The van der Waals surface area contributed by atoms with Gasteiger partial charge < -0.3 is 16.0 Å². The van der Waals surface area contributed by atoms with E-state index >= 15 is 0 Å². The molecule has 0 atom stereocenters. The number of hydrogen-bond acceptors (Lipinski definition) is 3. The summed E-state index contributed by atoms with van der Waals surface area (Å²) in [6.07, 6.45) is 5.05. The number of nitrogens with one attached hydrogen (secondary N) is 3. The molecule has 3 N–H and O–H groups in total. The van der Waals surface area contributed by atoms with Gasteiger partial charge in [0.25, 0.3) is 0 Å². The molecule has 0 spiro atoms. The van der Waals surface area contributed by atoms with Crippen LogP contribution in [0.25, 0.3) is 0 Å². The fraction of sp³-hybridized carbons (Fsp3) is 0.833. The van der Waals surface area contributed by atoms with E-state index in [1.807, 2.05) is 0 Å². The van der Waals surface area contributed by atoms with E-state index in [2.05, 4.69) is 16.0 Å². The van der Waals surface area contributed by atoms with Crippen LogP contribution < -0.4 is 16.0 Å². The molecule has 96 valence electrons. The number of amides is 2. The highest BCUT2D eigenvalue weighted by Gasteiger charge is 2.28. The lowest BCUT2D eigenvalue weighted by Gasteiger charge is -2.07. The second-order valence-electron chi connectivity index (χ2n) is 4.89. The van der Waals surface area contributed by atoms with Gasteiger partial charge in [0.15, 0.2) is 0 Å². The molecule has 0 aliphatic heterocycles. The van der Waals surface area contributed by atoms with Gasteiger partial charge in [0.05, 0.1) is 0 Å². The van der Waals surface area contributed by atoms with Crippen molar-refractivity contribution in [1.82, 2.24) is 16.0 Å². The van der Waals surface area contributed by atoms with Crippen LogP contribution in [0, 0.1) is 5.92 Å². The fourth-order valence-corrected chi connectivity index (χ4v) is 1.64. The van der Waals surface area contributed by atoms with Crippen molar-refractivity contribution in [2.45, 2.75) is 38.1 Å². The fourth-order valence-electron chi connectivity index (χ4n) is 1.64. The van der Waals surface area contributed by atoms with Crippen LogP contribution in [0.5, 0.6) is 0 Å². The molecule has 0 aromatic heterocycles. The Morgan fingerprint density at radius 2 is 1.65 bits per heavy atom. The first-order valence-corrected chi connectivity index (χ1v) is 6.53. The molecule has 2 aliphatic rings. The van der Waals surface area contributed by atoms with E-state index in [0.717, 1.165) is 19.4 Å². The summed E-state index contributed by atoms with van der Waals surface area (Å²) in [6, 6.07) is 0.653. The maximum atomic E-state index is 11.4. The van der Waals surface area contributed by atoms with Gasteiger partial charge in [0.2, 0.25) is 11.8 Å². The summed E-state index contributed by atoms with van der Waals surface area (Å²) in [6.45, 7) is 1.82. The minimum Gasteiger partial charge on any atom is -0.354 e. The monoisotopic (exact) mass is 239 g/mol. The number of hydrogen-bond donors (Lipinski definition) is 3. The first-order valence-electron chi connectivity index (χ1n) is 6.53. The molecule has 0 aromatic carbocycles. The van der Waals surface area contributed by atoms with Crippen LogP contribution in [0.3, 0.4) is 0 Å². The van der Waals surface area contributed by atoms with Crippen LogP contribution in [-0.4, -0.2) is 37.5 Å². The minimum absolute atomic E-state index is 0.0545. The molecule has 0 saturated heterocycles. The second kappa shape index (κ2) is 6.00. The Hall–Kier alpha value is -1.10. The molecular weight excluding hydrogens is 218 g/mol. The molecule has 2 aliphatic carbocycles. The van der Waals surface area contributed by atoms with Crippen molar-refractivity contribution in [1.29, 1.82) is 0 Å². The average Bonchev–Trinajstić information content (AvgIpc) is 3.16. The molecule has 2 fully saturated rings. The minimum atomic E-state index is 0.0545. The van der Waals surface area contributed by atoms with Gasteiger partial charge in [0.1, 0.15) is 0 Å². The smallest absolute Gasteiger partial charge is 0.223 e. The predicted molar refractivity (Wildman–Crippen MR) is 64.4 cm³/mol. The largest absolute Gasteiger partial charge is 0.354 e. The highest BCUT2D eigenvalue weighted by Crippen LogP contribution is 2.28. The van der Waals surface area contributed by atoms with Gasteiger partial charge in [-0.15, -0.1) is 0 Å². The van der Waals surface area contributed by atoms with Crippen molar-refractivity contribution < 1.29 is 9.59 Å². The summed E-state index contributed by atoms with van der Waals surface area (Å²) >= 11 is 0. The lowest BCUT2D eigenvalue weighted by Crippen LogP contribution is -2.36. The van der Waals surface area contributed by atoms with Gasteiger partial charge >= 0.3 is 0 Å². The molecule has 2 rings (SSSR count). The van der Waals surface area contributed by atoms with Crippen molar-refractivity contribution in [2.75, 3.05) is 19.6 Å². The van der Waals surface area contributed by atoms with E-state index in [9.17, 15) is 9.59 Å². The van der Waals surface area contributed by atoms with Gasteiger partial charge in [-0.25, -0.2) is 0 Å². The highest BCUT2D eigenvalue weighted by atomic mass is 16.2. The zero-order chi connectivity index (χ0) is 12.1. The molecule has 2 amide bonds. The standard InChI is InChI=1S/C12H21N3O2/c16-11(5-6-13-10-3-4-10)14-7-8-15-12(17)9-1-2-9/h9-10,13H,1-8H2,(H,14,16)(H,15,17).